The highest BCUT2D eigenvalue weighted by Crippen LogP contribution is 2.34. The highest BCUT2D eigenvalue weighted by atomic mass is 35.5. The Balaban J connectivity index is 1.39. The molecule has 5 rings (SSSR count). The fourth-order valence-corrected chi connectivity index (χ4v) is 7.51. The van der Waals surface area contributed by atoms with Crippen LogP contribution in [0.4, 0.5) is 0 Å². The van der Waals surface area contributed by atoms with Gasteiger partial charge in [-0.25, -0.2) is 9.97 Å². The van der Waals surface area contributed by atoms with Gasteiger partial charge in [0.15, 0.2) is 11.9 Å². The summed E-state index contributed by atoms with van der Waals surface area (Å²) >= 11 is 6.03. The number of rotatable bonds is 16. The van der Waals surface area contributed by atoms with Crippen molar-refractivity contribution in [2.75, 3.05) is 6.54 Å². The van der Waals surface area contributed by atoms with Crippen LogP contribution in [0.15, 0.2) is 36.9 Å². The third-order valence-corrected chi connectivity index (χ3v) is 10.8. The van der Waals surface area contributed by atoms with E-state index in [1.165, 1.54) is 29.7 Å². The average Bonchev–Trinajstić information content (AvgIpc) is 3.88. The van der Waals surface area contributed by atoms with Gasteiger partial charge in [-0.1, -0.05) is 65.0 Å². The zero-order valence-electron chi connectivity index (χ0n) is 31.6. The van der Waals surface area contributed by atoms with Gasteiger partial charge in [0.2, 0.25) is 23.6 Å². The van der Waals surface area contributed by atoms with Crippen LogP contribution in [0.2, 0.25) is 5.02 Å². The standard InChI is InChI=1S/C39H54ClN7O7/c1-5-9-28(33(49)37(52)44-25-13-14-25)45-36(51)30-18-26(54-32-15-12-24(40)20-43-32)22-47(30)38(53)34(39(2,3)4)46-35(50)27(23-10-7-6-8-11-23)19-31(48)29-21-41-16-17-42-29/h12,15-17,20-21,23,25-28,30,33-34,49H,5-11,13-14,18-19,22H2,1-4H3,(H,44,52)(H,45,51)(H,46,50)/t26-,27+,28+,30+,33?,34-/m1/s1. The van der Waals surface area contributed by atoms with Crippen molar-refractivity contribution in [3.8, 4) is 5.88 Å². The van der Waals surface area contributed by atoms with E-state index in [1.807, 2.05) is 27.7 Å². The first-order valence-electron chi connectivity index (χ1n) is 19.2. The molecule has 2 aromatic heterocycles. The fraction of sp³-hybridized carbons (Fsp3) is 0.641. The third-order valence-electron chi connectivity index (χ3n) is 10.5. The number of hydrogen-bond donors (Lipinski definition) is 4. The van der Waals surface area contributed by atoms with Crippen molar-refractivity contribution in [2.45, 2.75) is 135 Å². The number of carbonyl (C=O) groups excluding carboxylic acids is 5. The molecule has 3 fully saturated rings. The summed E-state index contributed by atoms with van der Waals surface area (Å²) < 4.78 is 6.14. The van der Waals surface area contributed by atoms with Gasteiger partial charge in [0.05, 0.1) is 23.8 Å². The lowest BCUT2D eigenvalue weighted by molar-refractivity contribution is -0.145. The van der Waals surface area contributed by atoms with Crippen LogP contribution in [0, 0.1) is 17.3 Å². The van der Waals surface area contributed by atoms with E-state index in [-0.39, 0.29) is 48.7 Å². The Hall–Kier alpha value is -4.17. The lowest BCUT2D eigenvalue weighted by atomic mass is 9.76. The number of nitrogens with one attached hydrogen (secondary N) is 3. The van der Waals surface area contributed by atoms with Crippen molar-refractivity contribution in [3.05, 3.63) is 47.6 Å². The van der Waals surface area contributed by atoms with E-state index in [0.29, 0.717) is 17.9 Å². The molecule has 15 heteroatoms. The van der Waals surface area contributed by atoms with E-state index in [4.69, 9.17) is 16.3 Å². The molecule has 1 saturated heterocycles. The van der Waals surface area contributed by atoms with E-state index in [9.17, 15) is 29.1 Å². The highest BCUT2D eigenvalue weighted by Gasteiger charge is 2.47. The minimum Gasteiger partial charge on any atom is -0.472 e. The van der Waals surface area contributed by atoms with Crippen LogP contribution in [0.5, 0.6) is 5.88 Å². The quantitative estimate of drug-likeness (QED) is 0.183. The number of ketones is 1. The molecule has 0 bridgehead atoms. The van der Waals surface area contributed by atoms with Crippen molar-refractivity contribution in [1.29, 1.82) is 0 Å². The summed E-state index contributed by atoms with van der Waals surface area (Å²) in [5.74, 6) is -2.78. The molecule has 3 aliphatic rings. The number of likely N-dealkylation sites (tertiary alicyclic amines) is 1. The Bertz CT molecular complexity index is 1610. The second kappa shape index (κ2) is 18.4. The normalized spacial score (nSPS) is 21.3. The smallest absolute Gasteiger partial charge is 0.251 e. The Morgan fingerprint density at radius 1 is 0.981 bits per heavy atom. The molecule has 1 unspecified atom stereocenters. The third kappa shape index (κ3) is 11.0. The predicted octanol–water partition coefficient (Wildman–Crippen LogP) is 3.80. The van der Waals surface area contributed by atoms with Crippen molar-refractivity contribution in [1.82, 2.24) is 35.8 Å². The molecule has 2 aliphatic carbocycles. The molecule has 14 nitrogen and oxygen atoms in total. The van der Waals surface area contributed by atoms with Gasteiger partial charge in [0.1, 0.15) is 23.9 Å². The molecule has 1 aliphatic heterocycles. The zero-order valence-corrected chi connectivity index (χ0v) is 32.4. The van der Waals surface area contributed by atoms with E-state index in [1.54, 1.807) is 12.1 Å². The van der Waals surface area contributed by atoms with Gasteiger partial charge in [0, 0.05) is 49.5 Å². The minimum absolute atomic E-state index is 0.00402. The predicted molar refractivity (Wildman–Crippen MR) is 200 cm³/mol. The van der Waals surface area contributed by atoms with Gasteiger partial charge >= 0.3 is 0 Å². The number of amides is 4. The van der Waals surface area contributed by atoms with Gasteiger partial charge in [-0.3, -0.25) is 29.0 Å². The van der Waals surface area contributed by atoms with Crippen LogP contribution in [0.3, 0.4) is 0 Å². The monoisotopic (exact) mass is 767 g/mol. The summed E-state index contributed by atoms with van der Waals surface area (Å²) in [5, 5.41) is 20.1. The lowest BCUT2D eigenvalue weighted by Crippen LogP contribution is -2.60. The Kier molecular flexibility index (Phi) is 14.0. The minimum atomic E-state index is -1.48. The maximum atomic E-state index is 14.8. The molecule has 6 atom stereocenters. The first-order valence-corrected chi connectivity index (χ1v) is 19.6. The summed E-state index contributed by atoms with van der Waals surface area (Å²) in [5.41, 5.74) is -0.628. The molecular formula is C39H54ClN7O7. The molecule has 0 aromatic carbocycles. The Labute approximate surface area is 322 Å². The van der Waals surface area contributed by atoms with Crippen molar-refractivity contribution >= 4 is 41.0 Å². The van der Waals surface area contributed by atoms with Crippen LogP contribution >= 0.6 is 11.6 Å². The molecule has 2 aromatic rings. The van der Waals surface area contributed by atoms with Gasteiger partial charge in [0.25, 0.3) is 5.91 Å². The average molecular weight is 768 g/mol. The number of nitrogens with zero attached hydrogens (tertiary/aromatic N) is 4. The van der Waals surface area contributed by atoms with Crippen molar-refractivity contribution in [3.63, 3.8) is 0 Å². The molecule has 294 valence electrons. The number of Topliss-reactive ketones (excluding diaryl/α,β-unsaturated/α-hetero) is 1. The van der Waals surface area contributed by atoms with Crippen LogP contribution < -0.4 is 20.7 Å². The second-order valence-electron chi connectivity index (χ2n) is 16.0. The maximum absolute atomic E-state index is 14.8. The Morgan fingerprint density at radius 2 is 1.72 bits per heavy atom. The number of pyridine rings is 1. The fourth-order valence-electron chi connectivity index (χ4n) is 7.39. The number of aliphatic hydroxyl groups excluding tert-OH is 1. The van der Waals surface area contributed by atoms with E-state index in [2.05, 4.69) is 30.9 Å². The number of hydrogen-bond acceptors (Lipinski definition) is 10. The lowest BCUT2D eigenvalue weighted by Gasteiger charge is -2.37. The van der Waals surface area contributed by atoms with Gasteiger partial charge in [-0.05, 0) is 49.5 Å². The van der Waals surface area contributed by atoms with Crippen LogP contribution in [0.25, 0.3) is 0 Å². The van der Waals surface area contributed by atoms with Crippen molar-refractivity contribution in [2.24, 2.45) is 17.3 Å². The molecule has 4 amide bonds. The van der Waals surface area contributed by atoms with Crippen molar-refractivity contribution < 1.29 is 33.8 Å². The number of aromatic nitrogens is 3. The largest absolute Gasteiger partial charge is 0.472 e. The molecule has 0 radical (unpaired) electrons. The van der Waals surface area contributed by atoms with Gasteiger partial charge < -0.3 is 30.7 Å². The van der Waals surface area contributed by atoms with E-state index >= 15 is 0 Å². The molecule has 2 saturated carbocycles. The molecule has 0 spiro atoms. The first kappa shape index (κ1) is 41.0. The second-order valence-corrected chi connectivity index (χ2v) is 16.4. The first-order chi connectivity index (χ1) is 25.7. The summed E-state index contributed by atoms with van der Waals surface area (Å²) in [6, 6.07) is 0.226. The molecule has 4 N–H and O–H groups in total. The Morgan fingerprint density at radius 3 is 2.33 bits per heavy atom. The number of carbonyl (C=O) groups is 5. The number of halogens is 1. The molecule has 54 heavy (non-hydrogen) atoms. The zero-order chi connectivity index (χ0) is 39.0. The van der Waals surface area contributed by atoms with Crippen LogP contribution in [0.1, 0.15) is 109 Å². The highest BCUT2D eigenvalue weighted by molar-refractivity contribution is 6.30. The van der Waals surface area contributed by atoms with Gasteiger partial charge in [-0.15, -0.1) is 0 Å². The summed E-state index contributed by atoms with van der Waals surface area (Å²) in [6.07, 6.45) is 10.7. The van der Waals surface area contributed by atoms with E-state index in [0.717, 1.165) is 44.9 Å². The summed E-state index contributed by atoms with van der Waals surface area (Å²) in [7, 11) is 0. The van der Waals surface area contributed by atoms with Gasteiger partial charge in [-0.2, -0.15) is 0 Å². The molecular weight excluding hydrogens is 714 g/mol. The van der Waals surface area contributed by atoms with Crippen LogP contribution in [-0.2, 0) is 19.2 Å². The summed E-state index contributed by atoms with van der Waals surface area (Å²) in [4.78, 5) is 83.2. The summed E-state index contributed by atoms with van der Waals surface area (Å²) in [6.45, 7) is 7.39. The van der Waals surface area contributed by atoms with Crippen LogP contribution in [-0.4, -0.2) is 97.3 Å². The number of ether oxygens (including phenoxy) is 1. The molecule has 3 heterocycles. The topological polar surface area (TPSA) is 193 Å². The van der Waals surface area contributed by atoms with E-state index < -0.39 is 65.3 Å². The SMILES string of the molecule is CCC[C@H](NC(=O)[C@@H]1C[C@@H](Oc2ccc(Cl)cn2)CN1C(=O)[C@@H](NC(=O)[C@@H](CC(=O)c1cnccn1)C1CCCCC1)C(C)(C)C)C(O)C(=O)NC1CC1. The maximum Gasteiger partial charge on any atom is 0.251 e. The number of aliphatic hydroxyl groups is 1.